The maximum atomic E-state index is 12.7. The Morgan fingerprint density at radius 1 is 1.17 bits per heavy atom. The summed E-state index contributed by atoms with van der Waals surface area (Å²) in [7, 11) is 0.535. The SMILES string of the molecule is COc1ccc(S(=O)(=O)N(C)C)cc1NC(=O)c1cc2cc([N+](=O)[O-])ccc2s1. The first kappa shape index (κ1) is 20.7. The minimum Gasteiger partial charge on any atom is -0.495 e. The van der Waals surface area contributed by atoms with Crippen molar-refractivity contribution in [1.29, 1.82) is 0 Å². The number of non-ortho nitro benzene ring substituents is 1. The largest absolute Gasteiger partial charge is 0.495 e. The molecule has 0 aliphatic carbocycles. The Bertz CT molecular complexity index is 1220. The van der Waals surface area contributed by atoms with Crippen LogP contribution in [0.1, 0.15) is 9.67 Å². The van der Waals surface area contributed by atoms with Crippen LogP contribution in [0.4, 0.5) is 11.4 Å². The molecular formula is C18H17N3O6S2. The average Bonchev–Trinajstić information content (AvgIpc) is 3.11. The lowest BCUT2D eigenvalue weighted by molar-refractivity contribution is -0.384. The Morgan fingerprint density at radius 2 is 1.90 bits per heavy atom. The van der Waals surface area contributed by atoms with Gasteiger partial charge in [-0.3, -0.25) is 14.9 Å². The molecule has 3 aromatic rings. The van der Waals surface area contributed by atoms with Crippen LogP contribution in [-0.2, 0) is 10.0 Å². The highest BCUT2D eigenvalue weighted by Gasteiger charge is 2.21. The zero-order chi connectivity index (χ0) is 21.3. The molecular weight excluding hydrogens is 418 g/mol. The Kier molecular flexibility index (Phi) is 5.55. The third-order valence-electron chi connectivity index (χ3n) is 4.13. The normalized spacial score (nSPS) is 11.6. The zero-order valence-corrected chi connectivity index (χ0v) is 17.3. The van der Waals surface area contributed by atoms with E-state index < -0.39 is 20.9 Å². The summed E-state index contributed by atoms with van der Waals surface area (Å²) in [5.41, 5.74) is 0.134. The summed E-state index contributed by atoms with van der Waals surface area (Å²) in [6, 6.07) is 10.1. The van der Waals surface area contributed by atoms with Gasteiger partial charge in [-0.15, -0.1) is 11.3 Å². The number of sulfonamides is 1. The summed E-state index contributed by atoms with van der Waals surface area (Å²) < 4.78 is 31.7. The monoisotopic (exact) mass is 435 g/mol. The minimum atomic E-state index is -3.69. The molecule has 29 heavy (non-hydrogen) atoms. The highest BCUT2D eigenvalue weighted by atomic mass is 32.2. The van der Waals surface area contributed by atoms with Gasteiger partial charge in [-0.1, -0.05) is 0 Å². The average molecular weight is 435 g/mol. The Balaban J connectivity index is 1.96. The van der Waals surface area contributed by atoms with Gasteiger partial charge >= 0.3 is 0 Å². The van der Waals surface area contributed by atoms with E-state index in [2.05, 4.69) is 5.32 Å². The van der Waals surface area contributed by atoms with E-state index in [1.165, 1.54) is 62.9 Å². The van der Waals surface area contributed by atoms with Gasteiger partial charge in [0, 0.05) is 36.3 Å². The second-order valence-corrected chi connectivity index (χ2v) is 9.43. The molecule has 9 nitrogen and oxygen atoms in total. The molecule has 0 bridgehead atoms. The number of nitro benzene ring substituents is 1. The van der Waals surface area contributed by atoms with Gasteiger partial charge in [0.25, 0.3) is 11.6 Å². The molecule has 0 aliphatic rings. The van der Waals surface area contributed by atoms with Gasteiger partial charge in [0.1, 0.15) is 5.75 Å². The molecule has 0 saturated carbocycles. The summed E-state index contributed by atoms with van der Waals surface area (Å²) in [5, 5.41) is 14.2. The number of methoxy groups -OCH3 is 1. The first-order chi connectivity index (χ1) is 13.6. The van der Waals surface area contributed by atoms with Crippen LogP contribution in [0.2, 0.25) is 0 Å². The van der Waals surface area contributed by atoms with Crippen molar-refractivity contribution < 1.29 is 22.9 Å². The summed E-state index contributed by atoms with van der Waals surface area (Å²) in [6.07, 6.45) is 0. The molecule has 0 unspecified atom stereocenters. The van der Waals surface area contributed by atoms with E-state index in [1.807, 2.05) is 0 Å². The predicted octanol–water partition coefficient (Wildman–Crippen LogP) is 3.32. The standard InChI is InChI=1S/C18H17N3O6S2/c1-20(2)29(25,26)13-5-6-15(27-3)14(10-13)19-18(22)17-9-11-8-12(21(23)24)4-7-16(11)28-17/h4-10H,1-3H3,(H,19,22). The lowest BCUT2D eigenvalue weighted by Gasteiger charge is -2.15. The number of nitrogens with one attached hydrogen (secondary N) is 1. The van der Waals surface area contributed by atoms with Gasteiger partial charge in [-0.25, -0.2) is 12.7 Å². The molecule has 1 N–H and O–H groups in total. The predicted molar refractivity (Wildman–Crippen MR) is 110 cm³/mol. The van der Waals surface area contributed by atoms with Crippen LogP contribution in [0.5, 0.6) is 5.75 Å². The molecule has 0 aliphatic heterocycles. The van der Waals surface area contributed by atoms with Crippen LogP contribution in [-0.4, -0.2) is 44.8 Å². The molecule has 152 valence electrons. The summed E-state index contributed by atoms with van der Waals surface area (Å²) in [6.45, 7) is 0. The second-order valence-electron chi connectivity index (χ2n) is 6.19. The van der Waals surface area contributed by atoms with E-state index in [-0.39, 0.29) is 16.3 Å². The number of thiophene rings is 1. The van der Waals surface area contributed by atoms with E-state index in [9.17, 15) is 23.3 Å². The maximum absolute atomic E-state index is 12.7. The fourth-order valence-corrected chi connectivity index (χ4v) is 4.46. The van der Waals surface area contributed by atoms with Crippen LogP contribution in [0.15, 0.2) is 47.4 Å². The third-order valence-corrected chi connectivity index (χ3v) is 7.06. The minimum absolute atomic E-state index is 0.00515. The zero-order valence-electron chi connectivity index (χ0n) is 15.7. The number of amides is 1. The quantitative estimate of drug-likeness (QED) is 0.469. The van der Waals surface area contributed by atoms with E-state index in [0.717, 1.165) is 9.01 Å². The van der Waals surface area contributed by atoms with Gasteiger partial charge < -0.3 is 10.1 Å². The molecule has 11 heteroatoms. The number of nitrogens with zero attached hydrogens (tertiary/aromatic N) is 2. The first-order valence-electron chi connectivity index (χ1n) is 8.23. The molecule has 1 heterocycles. The van der Waals surface area contributed by atoms with Crippen molar-refractivity contribution in [2.24, 2.45) is 0 Å². The number of anilines is 1. The molecule has 0 fully saturated rings. The third kappa shape index (κ3) is 4.06. The first-order valence-corrected chi connectivity index (χ1v) is 10.5. The number of ether oxygens (including phenoxy) is 1. The molecule has 1 amide bonds. The molecule has 0 saturated heterocycles. The molecule has 0 atom stereocenters. The fourth-order valence-electron chi connectivity index (χ4n) is 2.60. The molecule has 0 spiro atoms. The Labute approximate surface area is 170 Å². The van der Waals surface area contributed by atoms with Crippen molar-refractivity contribution in [1.82, 2.24) is 4.31 Å². The summed E-state index contributed by atoms with van der Waals surface area (Å²) in [4.78, 5) is 23.5. The fraction of sp³-hybridized carbons (Fsp3) is 0.167. The van der Waals surface area contributed by atoms with Gasteiger partial charge in [0.05, 0.1) is 27.5 Å². The van der Waals surface area contributed by atoms with Crippen LogP contribution in [0.3, 0.4) is 0 Å². The van der Waals surface area contributed by atoms with Crippen molar-refractivity contribution in [2.45, 2.75) is 4.90 Å². The summed E-state index contributed by atoms with van der Waals surface area (Å²) >= 11 is 1.17. The maximum Gasteiger partial charge on any atom is 0.270 e. The smallest absolute Gasteiger partial charge is 0.270 e. The molecule has 1 aromatic heterocycles. The number of carbonyl (C=O) groups is 1. The van der Waals surface area contributed by atoms with Gasteiger partial charge in [0.15, 0.2) is 0 Å². The highest BCUT2D eigenvalue weighted by Crippen LogP contribution is 2.32. The Hall–Kier alpha value is -3.02. The van der Waals surface area contributed by atoms with Crippen LogP contribution < -0.4 is 10.1 Å². The highest BCUT2D eigenvalue weighted by molar-refractivity contribution is 7.89. The number of rotatable bonds is 6. The van der Waals surface area contributed by atoms with E-state index in [4.69, 9.17) is 4.74 Å². The number of fused-ring (bicyclic) bond motifs is 1. The van der Waals surface area contributed by atoms with Crippen LogP contribution in [0, 0.1) is 10.1 Å². The van der Waals surface area contributed by atoms with Crippen molar-refractivity contribution in [3.05, 3.63) is 57.5 Å². The lowest BCUT2D eigenvalue weighted by atomic mass is 10.2. The lowest BCUT2D eigenvalue weighted by Crippen LogP contribution is -2.22. The number of hydrogen-bond donors (Lipinski definition) is 1. The van der Waals surface area contributed by atoms with Crippen LogP contribution in [0.25, 0.3) is 10.1 Å². The Morgan fingerprint density at radius 3 is 2.52 bits per heavy atom. The van der Waals surface area contributed by atoms with E-state index in [0.29, 0.717) is 16.0 Å². The van der Waals surface area contributed by atoms with Gasteiger partial charge in [-0.2, -0.15) is 0 Å². The second kappa shape index (κ2) is 7.78. The van der Waals surface area contributed by atoms with Gasteiger partial charge in [0.2, 0.25) is 10.0 Å². The number of hydrogen-bond acceptors (Lipinski definition) is 7. The van der Waals surface area contributed by atoms with Crippen molar-refractivity contribution >= 4 is 48.7 Å². The topological polar surface area (TPSA) is 119 Å². The number of nitro groups is 1. The van der Waals surface area contributed by atoms with Crippen molar-refractivity contribution in [3.8, 4) is 5.75 Å². The number of benzene rings is 2. The number of carbonyl (C=O) groups excluding carboxylic acids is 1. The van der Waals surface area contributed by atoms with Crippen molar-refractivity contribution in [3.63, 3.8) is 0 Å². The van der Waals surface area contributed by atoms with Crippen molar-refractivity contribution in [2.75, 3.05) is 26.5 Å². The molecule has 3 rings (SSSR count). The van der Waals surface area contributed by atoms with E-state index in [1.54, 1.807) is 12.1 Å². The molecule has 2 aromatic carbocycles. The van der Waals surface area contributed by atoms with Crippen LogP contribution >= 0.6 is 11.3 Å². The summed E-state index contributed by atoms with van der Waals surface area (Å²) in [5.74, 6) is -0.181. The van der Waals surface area contributed by atoms with E-state index >= 15 is 0 Å². The molecule has 0 radical (unpaired) electrons. The van der Waals surface area contributed by atoms with Gasteiger partial charge in [-0.05, 0) is 30.3 Å².